The molecular weight excluding hydrogens is 356 g/mol. The second-order valence-corrected chi connectivity index (χ2v) is 6.01. The highest BCUT2D eigenvalue weighted by molar-refractivity contribution is 6.30. The molecule has 0 saturated carbocycles. The molecule has 0 fully saturated rings. The Bertz CT molecular complexity index is 881. The van der Waals surface area contributed by atoms with Gasteiger partial charge in [0.25, 0.3) is 0 Å². The minimum absolute atomic E-state index is 0.139. The molecule has 134 valence electrons. The van der Waals surface area contributed by atoms with E-state index in [1.165, 1.54) is 4.80 Å². The molecule has 0 radical (unpaired) electrons. The Kier molecular flexibility index (Phi) is 5.50. The van der Waals surface area contributed by atoms with Gasteiger partial charge < -0.3 is 15.1 Å². The van der Waals surface area contributed by atoms with Gasteiger partial charge in [0.1, 0.15) is 0 Å². The van der Waals surface area contributed by atoms with Gasteiger partial charge >= 0.3 is 5.97 Å². The third-order valence-corrected chi connectivity index (χ3v) is 3.99. The number of aromatic nitrogens is 3. The van der Waals surface area contributed by atoms with E-state index in [1.807, 2.05) is 30.3 Å². The molecule has 2 N–H and O–H groups in total. The van der Waals surface area contributed by atoms with Gasteiger partial charge in [0.2, 0.25) is 5.69 Å². The number of carboxylic acid groups (broad SMARTS) is 1. The van der Waals surface area contributed by atoms with E-state index in [1.54, 1.807) is 29.2 Å². The predicted molar refractivity (Wildman–Crippen MR) is 97.9 cm³/mol. The van der Waals surface area contributed by atoms with E-state index in [9.17, 15) is 15.0 Å². The number of halogens is 1. The van der Waals surface area contributed by atoms with Crippen molar-refractivity contribution in [3.05, 3.63) is 70.9 Å². The van der Waals surface area contributed by atoms with Gasteiger partial charge in [-0.15, -0.1) is 15.0 Å². The van der Waals surface area contributed by atoms with Crippen molar-refractivity contribution in [1.29, 1.82) is 0 Å². The number of aliphatic hydroxyl groups is 1. The van der Waals surface area contributed by atoms with Crippen LogP contribution in [0.1, 0.15) is 16.1 Å². The number of carboxylic acids is 1. The molecule has 1 aromatic heterocycles. The van der Waals surface area contributed by atoms with E-state index in [-0.39, 0.29) is 24.7 Å². The Morgan fingerprint density at radius 2 is 1.77 bits per heavy atom. The largest absolute Gasteiger partial charge is 0.476 e. The summed E-state index contributed by atoms with van der Waals surface area (Å²) in [5.74, 6) is -0.985. The SMILES string of the molecule is O=C(O)c1nn(-c2ccc(Cl)cc2)nc1N(CCO)Cc1ccccc1. The molecular formula is C18H17ClN4O3. The van der Waals surface area contributed by atoms with Crippen LogP contribution in [0.2, 0.25) is 5.02 Å². The summed E-state index contributed by atoms with van der Waals surface area (Å²) in [7, 11) is 0. The smallest absolute Gasteiger partial charge is 0.360 e. The number of nitrogens with zero attached hydrogens (tertiary/aromatic N) is 4. The average molecular weight is 373 g/mol. The normalized spacial score (nSPS) is 10.7. The van der Waals surface area contributed by atoms with E-state index in [2.05, 4.69) is 10.2 Å². The number of aliphatic hydroxyl groups excluding tert-OH is 1. The van der Waals surface area contributed by atoms with Crippen molar-refractivity contribution in [2.45, 2.75) is 6.54 Å². The van der Waals surface area contributed by atoms with Crippen LogP contribution in [0.4, 0.5) is 5.82 Å². The highest BCUT2D eigenvalue weighted by Crippen LogP contribution is 2.21. The number of carbonyl (C=O) groups is 1. The Morgan fingerprint density at radius 1 is 1.08 bits per heavy atom. The number of rotatable bonds is 7. The molecule has 0 aliphatic carbocycles. The maximum atomic E-state index is 11.7. The monoisotopic (exact) mass is 372 g/mol. The Labute approximate surface area is 155 Å². The number of benzene rings is 2. The van der Waals surface area contributed by atoms with Crippen molar-refractivity contribution in [3.8, 4) is 5.69 Å². The first-order valence-corrected chi connectivity index (χ1v) is 8.32. The van der Waals surface area contributed by atoms with E-state index >= 15 is 0 Å². The molecule has 0 saturated heterocycles. The van der Waals surface area contributed by atoms with Crippen molar-refractivity contribution in [1.82, 2.24) is 15.0 Å². The van der Waals surface area contributed by atoms with Crippen LogP contribution in [-0.2, 0) is 6.54 Å². The second-order valence-electron chi connectivity index (χ2n) is 5.57. The van der Waals surface area contributed by atoms with Crippen LogP contribution in [0.5, 0.6) is 0 Å². The summed E-state index contributed by atoms with van der Waals surface area (Å²) in [6.45, 7) is 0.495. The van der Waals surface area contributed by atoms with Gasteiger partial charge in [-0.1, -0.05) is 41.9 Å². The molecule has 0 spiro atoms. The van der Waals surface area contributed by atoms with Crippen LogP contribution in [0.3, 0.4) is 0 Å². The fourth-order valence-corrected chi connectivity index (χ4v) is 2.65. The molecule has 0 unspecified atom stereocenters. The fraction of sp³-hybridized carbons (Fsp3) is 0.167. The average Bonchev–Trinajstić information content (AvgIpc) is 3.08. The minimum atomic E-state index is -1.18. The zero-order chi connectivity index (χ0) is 18.5. The Morgan fingerprint density at radius 3 is 2.38 bits per heavy atom. The topological polar surface area (TPSA) is 91.5 Å². The van der Waals surface area contributed by atoms with Crippen LogP contribution in [0.25, 0.3) is 5.69 Å². The number of hydrogen-bond acceptors (Lipinski definition) is 5. The molecule has 3 aromatic rings. The van der Waals surface area contributed by atoms with Crippen LogP contribution in [-0.4, -0.2) is 44.3 Å². The lowest BCUT2D eigenvalue weighted by Crippen LogP contribution is -2.28. The van der Waals surface area contributed by atoms with E-state index in [4.69, 9.17) is 11.6 Å². The van der Waals surface area contributed by atoms with E-state index < -0.39 is 5.97 Å². The van der Waals surface area contributed by atoms with Gasteiger partial charge in [0.05, 0.1) is 12.3 Å². The van der Waals surface area contributed by atoms with E-state index in [0.29, 0.717) is 17.3 Å². The lowest BCUT2D eigenvalue weighted by molar-refractivity contribution is 0.0690. The maximum Gasteiger partial charge on any atom is 0.360 e. The van der Waals surface area contributed by atoms with Crippen molar-refractivity contribution >= 4 is 23.4 Å². The molecule has 0 atom stereocenters. The zero-order valence-electron chi connectivity index (χ0n) is 13.8. The molecule has 7 nitrogen and oxygen atoms in total. The first-order valence-electron chi connectivity index (χ1n) is 7.95. The lowest BCUT2D eigenvalue weighted by Gasteiger charge is -2.21. The molecule has 0 bridgehead atoms. The van der Waals surface area contributed by atoms with Gasteiger partial charge in [-0.25, -0.2) is 4.79 Å². The highest BCUT2D eigenvalue weighted by Gasteiger charge is 2.23. The van der Waals surface area contributed by atoms with Crippen molar-refractivity contribution in [3.63, 3.8) is 0 Å². The van der Waals surface area contributed by atoms with Crippen LogP contribution < -0.4 is 4.90 Å². The number of anilines is 1. The molecule has 2 aromatic carbocycles. The Balaban J connectivity index is 1.99. The van der Waals surface area contributed by atoms with Gasteiger partial charge in [0, 0.05) is 18.1 Å². The first kappa shape index (κ1) is 17.9. The minimum Gasteiger partial charge on any atom is -0.476 e. The molecule has 26 heavy (non-hydrogen) atoms. The third kappa shape index (κ3) is 4.01. The second kappa shape index (κ2) is 7.99. The van der Waals surface area contributed by atoms with Crippen LogP contribution in [0, 0.1) is 0 Å². The Hall–Kier alpha value is -2.90. The fourth-order valence-electron chi connectivity index (χ4n) is 2.52. The van der Waals surface area contributed by atoms with Crippen LogP contribution >= 0.6 is 11.6 Å². The summed E-state index contributed by atoms with van der Waals surface area (Å²) in [4.78, 5) is 14.6. The zero-order valence-corrected chi connectivity index (χ0v) is 14.5. The van der Waals surface area contributed by atoms with Crippen molar-refractivity contribution in [2.24, 2.45) is 0 Å². The predicted octanol–water partition coefficient (Wildman–Crippen LogP) is 2.62. The van der Waals surface area contributed by atoms with E-state index in [0.717, 1.165) is 5.56 Å². The number of aromatic carboxylic acids is 1. The molecule has 0 aliphatic rings. The summed E-state index contributed by atoms with van der Waals surface area (Å²) in [5.41, 5.74) is 1.38. The maximum absolute atomic E-state index is 11.7. The van der Waals surface area contributed by atoms with Gasteiger partial charge in [0.15, 0.2) is 5.82 Å². The third-order valence-electron chi connectivity index (χ3n) is 3.74. The van der Waals surface area contributed by atoms with Gasteiger partial charge in [-0.05, 0) is 29.8 Å². The standard InChI is InChI=1S/C18H17ClN4O3/c19-14-6-8-15(9-7-14)23-20-16(18(25)26)17(21-23)22(10-11-24)12-13-4-2-1-3-5-13/h1-9,24H,10-12H2,(H,25,26). The van der Waals surface area contributed by atoms with Gasteiger partial charge in [-0.3, -0.25) is 0 Å². The molecule has 0 amide bonds. The molecule has 0 aliphatic heterocycles. The summed E-state index contributed by atoms with van der Waals surface area (Å²) in [6.07, 6.45) is 0. The van der Waals surface area contributed by atoms with Crippen molar-refractivity contribution < 1.29 is 15.0 Å². The van der Waals surface area contributed by atoms with Crippen LogP contribution in [0.15, 0.2) is 54.6 Å². The molecule has 8 heteroatoms. The number of hydrogen-bond donors (Lipinski definition) is 2. The summed E-state index contributed by atoms with van der Waals surface area (Å²) < 4.78 is 0. The molecule has 3 rings (SSSR count). The quantitative estimate of drug-likeness (QED) is 0.662. The van der Waals surface area contributed by atoms with Gasteiger partial charge in [-0.2, -0.15) is 0 Å². The highest BCUT2D eigenvalue weighted by atomic mass is 35.5. The van der Waals surface area contributed by atoms with Crippen molar-refractivity contribution in [2.75, 3.05) is 18.1 Å². The summed E-state index contributed by atoms with van der Waals surface area (Å²) in [6, 6.07) is 16.3. The summed E-state index contributed by atoms with van der Waals surface area (Å²) >= 11 is 5.89. The molecule has 1 heterocycles. The first-order chi connectivity index (χ1) is 12.6. The lowest BCUT2D eigenvalue weighted by atomic mass is 10.2. The summed E-state index contributed by atoms with van der Waals surface area (Å²) in [5, 5.41) is 27.9.